The summed E-state index contributed by atoms with van der Waals surface area (Å²) in [4.78, 5) is 10.1. The predicted octanol–water partition coefficient (Wildman–Crippen LogP) is -0.0312. The van der Waals surface area contributed by atoms with Gasteiger partial charge in [-0.1, -0.05) is 6.08 Å². The zero-order chi connectivity index (χ0) is 9.52. The number of carboxylic acids is 1. The van der Waals surface area contributed by atoms with Crippen LogP contribution in [0.15, 0.2) is 12.2 Å². The summed E-state index contributed by atoms with van der Waals surface area (Å²) in [7, 11) is 0. The average molecular weight is 184 g/mol. The Hall–Kier alpha value is -0.870. The van der Waals surface area contributed by atoms with Gasteiger partial charge in [-0.3, -0.25) is 0 Å². The molecule has 0 radical (unpaired) electrons. The average Bonchev–Trinajstić information content (AvgIpc) is 2.14. The van der Waals surface area contributed by atoms with E-state index in [1.807, 2.05) is 0 Å². The molecule has 1 aliphatic rings. The van der Waals surface area contributed by atoms with Gasteiger partial charge in [0.1, 0.15) is 0 Å². The molecule has 1 aliphatic heterocycles. The number of carboxylic acid groups (broad SMARTS) is 1. The molecule has 4 heteroatoms. The van der Waals surface area contributed by atoms with Gasteiger partial charge >= 0.3 is 5.97 Å². The Morgan fingerprint density at radius 3 is 2.85 bits per heavy atom. The fourth-order valence-electron chi connectivity index (χ4n) is 1.42. The molecule has 13 heavy (non-hydrogen) atoms. The third-order valence-corrected chi connectivity index (χ3v) is 2.12. The molecule has 0 amide bonds. The minimum absolute atomic E-state index is 0.541. The highest BCUT2D eigenvalue weighted by atomic mass is 16.4. The Labute approximate surface area is 78.0 Å². The van der Waals surface area contributed by atoms with Crippen molar-refractivity contribution in [2.45, 2.75) is 18.9 Å². The summed E-state index contributed by atoms with van der Waals surface area (Å²) >= 11 is 0. The number of aliphatic carboxylic acids is 1. The molecule has 0 aromatic rings. The second kappa shape index (κ2) is 5.72. The molecular weight excluding hydrogens is 168 g/mol. The molecule has 0 spiro atoms. The molecule has 0 saturated carbocycles. The van der Waals surface area contributed by atoms with Crippen molar-refractivity contribution < 1.29 is 9.90 Å². The highest BCUT2D eigenvalue weighted by Crippen LogP contribution is 2.00. The summed E-state index contributed by atoms with van der Waals surface area (Å²) < 4.78 is 0. The topological polar surface area (TPSA) is 61.4 Å². The highest BCUT2D eigenvalue weighted by Gasteiger charge is 2.10. The third kappa shape index (κ3) is 4.65. The zero-order valence-corrected chi connectivity index (χ0v) is 7.62. The van der Waals surface area contributed by atoms with Gasteiger partial charge in [0, 0.05) is 18.7 Å². The summed E-state index contributed by atoms with van der Waals surface area (Å²) in [6, 6.07) is 0.541. The second-order valence-corrected chi connectivity index (χ2v) is 3.17. The van der Waals surface area contributed by atoms with Crippen molar-refractivity contribution >= 4 is 5.97 Å². The fourth-order valence-corrected chi connectivity index (χ4v) is 1.42. The molecule has 4 nitrogen and oxygen atoms in total. The number of piperidine rings is 1. The molecule has 1 rings (SSSR count). The Kier molecular flexibility index (Phi) is 4.49. The van der Waals surface area contributed by atoms with Crippen LogP contribution in [0.3, 0.4) is 0 Å². The van der Waals surface area contributed by atoms with E-state index in [9.17, 15) is 4.79 Å². The first-order valence-electron chi connectivity index (χ1n) is 4.62. The zero-order valence-electron chi connectivity index (χ0n) is 7.62. The van der Waals surface area contributed by atoms with Crippen molar-refractivity contribution in [3.05, 3.63) is 12.2 Å². The first kappa shape index (κ1) is 10.2. The summed E-state index contributed by atoms with van der Waals surface area (Å²) in [6.45, 7) is 2.76. The standard InChI is InChI=1S/C9H16N2O2/c12-9(13)2-1-5-11-8-3-6-10-7-4-8/h1-2,8,10-11H,3-7H2,(H,12,13)/b2-1+. The SMILES string of the molecule is O=C(O)/C=C/CNC1CCNCC1. The summed E-state index contributed by atoms with van der Waals surface area (Å²) in [5.41, 5.74) is 0. The van der Waals surface area contributed by atoms with E-state index in [-0.39, 0.29) is 0 Å². The van der Waals surface area contributed by atoms with E-state index in [0.29, 0.717) is 12.6 Å². The van der Waals surface area contributed by atoms with Crippen LogP contribution in [-0.2, 0) is 4.79 Å². The van der Waals surface area contributed by atoms with E-state index < -0.39 is 5.97 Å². The van der Waals surface area contributed by atoms with Crippen LogP contribution in [0.2, 0.25) is 0 Å². The molecule has 0 unspecified atom stereocenters. The number of hydrogen-bond acceptors (Lipinski definition) is 3. The van der Waals surface area contributed by atoms with E-state index in [1.165, 1.54) is 6.08 Å². The van der Waals surface area contributed by atoms with Crippen LogP contribution >= 0.6 is 0 Å². The third-order valence-electron chi connectivity index (χ3n) is 2.12. The van der Waals surface area contributed by atoms with Crippen LogP contribution in [0.4, 0.5) is 0 Å². The number of hydrogen-bond donors (Lipinski definition) is 3. The van der Waals surface area contributed by atoms with E-state index in [2.05, 4.69) is 10.6 Å². The Morgan fingerprint density at radius 1 is 1.54 bits per heavy atom. The van der Waals surface area contributed by atoms with Gasteiger partial charge in [0.2, 0.25) is 0 Å². The normalized spacial score (nSPS) is 19.4. The van der Waals surface area contributed by atoms with Gasteiger partial charge in [0.25, 0.3) is 0 Å². The number of rotatable bonds is 4. The molecule has 1 fully saturated rings. The first-order valence-corrected chi connectivity index (χ1v) is 4.62. The molecule has 0 aliphatic carbocycles. The van der Waals surface area contributed by atoms with Crippen molar-refractivity contribution in [3.8, 4) is 0 Å². The van der Waals surface area contributed by atoms with Gasteiger partial charge in [0.05, 0.1) is 0 Å². The molecule has 0 aromatic carbocycles. The summed E-state index contributed by atoms with van der Waals surface area (Å²) in [5, 5.41) is 14.9. The van der Waals surface area contributed by atoms with Crippen molar-refractivity contribution in [3.63, 3.8) is 0 Å². The molecule has 74 valence electrons. The van der Waals surface area contributed by atoms with E-state index >= 15 is 0 Å². The quantitative estimate of drug-likeness (QED) is 0.537. The van der Waals surface area contributed by atoms with Crippen LogP contribution < -0.4 is 10.6 Å². The lowest BCUT2D eigenvalue weighted by molar-refractivity contribution is -0.131. The van der Waals surface area contributed by atoms with E-state index in [0.717, 1.165) is 25.9 Å². The smallest absolute Gasteiger partial charge is 0.328 e. The van der Waals surface area contributed by atoms with Gasteiger partial charge < -0.3 is 15.7 Å². The van der Waals surface area contributed by atoms with Crippen LogP contribution in [0.1, 0.15) is 12.8 Å². The Balaban J connectivity index is 2.07. The largest absolute Gasteiger partial charge is 0.478 e. The van der Waals surface area contributed by atoms with Gasteiger partial charge in [0.15, 0.2) is 0 Å². The fraction of sp³-hybridized carbons (Fsp3) is 0.667. The first-order chi connectivity index (χ1) is 6.29. The molecular formula is C9H16N2O2. The monoisotopic (exact) mass is 184 g/mol. The van der Waals surface area contributed by atoms with Gasteiger partial charge in [-0.2, -0.15) is 0 Å². The Bertz CT molecular complexity index is 186. The minimum Gasteiger partial charge on any atom is -0.478 e. The molecule has 1 heterocycles. The molecule has 1 saturated heterocycles. The maximum absolute atomic E-state index is 10.1. The maximum Gasteiger partial charge on any atom is 0.328 e. The van der Waals surface area contributed by atoms with Crippen LogP contribution in [0.25, 0.3) is 0 Å². The van der Waals surface area contributed by atoms with Gasteiger partial charge in [-0.15, -0.1) is 0 Å². The summed E-state index contributed by atoms with van der Waals surface area (Å²) in [5.74, 6) is -0.882. The molecule has 0 aromatic heterocycles. The lowest BCUT2D eigenvalue weighted by Gasteiger charge is -2.22. The van der Waals surface area contributed by atoms with E-state index in [1.54, 1.807) is 6.08 Å². The maximum atomic E-state index is 10.1. The highest BCUT2D eigenvalue weighted by molar-refractivity contribution is 5.79. The summed E-state index contributed by atoms with van der Waals surface area (Å²) in [6.07, 6.45) is 5.07. The van der Waals surface area contributed by atoms with E-state index in [4.69, 9.17) is 5.11 Å². The number of carbonyl (C=O) groups is 1. The lowest BCUT2D eigenvalue weighted by Crippen LogP contribution is -2.39. The van der Waals surface area contributed by atoms with Crippen molar-refractivity contribution in [1.82, 2.24) is 10.6 Å². The Morgan fingerprint density at radius 2 is 2.23 bits per heavy atom. The minimum atomic E-state index is -0.882. The lowest BCUT2D eigenvalue weighted by atomic mass is 10.1. The molecule has 0 atom stereocenters. The predicted molar refractivity (Wildman–Crippen MR) is 50.7 cm³/mol. The van der Waals surface area contributed by atoms with Crippen molar-refractivity contribution in [1.29, 1.82) is 0 Å². The van der Waals surface area contributed by atoms with Crippen molar-refractivity contribution in [2.75, 3.05) is 19.6 Å². The van der Waals surface area contributed by atoms with Gasteiger partial charge in [-0.25, -0.2) is 4.79 Å². The van der Waals surface area contributed by atoms with Crippen LogP contribution in [0, 0.1) is 0 Å². The number of nitrogens with one attached hydrogen (secondary N) is 2. The second-order valence-electron chi connectivity index (χ2n) is 3.17. The van der Waals surface area contributed by atoms with Gasteiger partial charge in [-0.05, 0) is 25.9 Å². The van der Waals surface area contributed by atoms with Crippen molar-refractivity contribution in [2.24, 2.45) is 0 Å². The molecule has 0 bridgehead atoms. The van der Waals surface area contributed by atoms with Crippen LogP contribution in [-0.4, -0.2) is 36.8 Å². The van der Waals surface area contributed by atoms with Crippen LogP contribution in [0.5, 0.6) is 0 Å². The molecule has 3 N–H and O–H groups in total.